The Bertz CT molecular complexity index is 653. The standard InChI is InChI=1S/C13H17NO6S/c1-8-3-4-9(2)11(5-8)21(19,20)14-7-10(13(17)18)6-12(15)16/h3-5,10,14H,6-7H2,1-2H3,(H,15,16)(H,17,18). The normalized spacial score (nSPS) is 12.9. The van der Waals surface area contributed by atoms with Gasteiger partial charge < -0.3 is 10.2 Å². The lowest BCUT2D eigenvalue weighted by atomic mass is 10.1. The third-order valence-electron chi connectivity index (χ3n) is 2.92. The Hall–Kier alpha value is -1.93. The molecule has 7 nitrogen and oxygen atoms in total. The molecule has 3 N–H and O–H groups in total. The number of rotatable bonds is 7. The minimum absolute atomic E-state index is 0.0574. The second-order valence-electron chi connectivity index (χ2n) is 4.75. The van der Waals surface area contributed by atoms with Crippen molar-refractivity contribution in [2.45, 2.75) is 25.2 Å². The van der Waals surface area contributed by atoms with E-state index in [0.29, 0.717) is 5.56 Å². The predicted molar refractivity (Wildman–Crippen MR) is 74.5 cm³/mol. The van der Waals surface area contributed by atoms with E-state index in [4.69, 9.17) is 10.2 Å². The number of aryl methyl sites for hydroxylation is 2. The van der Waals surface area contributed by atoms with E-state index in [1.807, 2.05) is 0 Å². The molecule has 0 saturated heterocycles. The van der Waals surface area contributed by atoms with Crippen molar-refractivity contribution < 1.29 is 28.2 Å². The quantitative estimate of drug-likeness (QED) is 0.683. The topological polar surface area (TPSA) is 121 Å². The second-order valence-corrected chi connectivity index (χ2v) is 6.49. The van der Waals surface area contributed by atoms with Gasteiger partial charge in [-0.05, 0) is 31.0 Å². The minimum atomic E-state index is -3.88. The van der Waals surface area contributed by atoms with Crippen LogP contribution in [0.2, 0.25) is 0 Å². The highest BCUT2D eigenvalue weighted by atomic mass is 32.2. The summed E-state index contributed by atoms with van der Waals surface area (Å²) < 4.78 is 26.5. The van der Waals surface area contributed by atoms with E-state index in [0.717, 1.165) is 5.56 Å². The summed E-state index contributed by atoms with van der Waals surface area (Å²) in [6, 6.07) is 4.89. The van der Waals surface area contributed by atoms with Crippen LogP contribution in [0.25, 0.3) is 0 Å². The van der Waals surface area contributed by atoms with Crippen molar-refractivity contribution in [3.63, 3.8) is 0 Å². The van der Waals surface area contributed by atoms with Gasteiger partial charge in [-0.15, -0.1) is 0 Å². The fourth-order valence-electron chi connectivity index (χ4n) is 1.74. The van der Waals surface area contributed by atoms with Crippen LogP contribution in [-0.4, -0.2) is 37.1 Å². The van der Waals surface area contributed by atoms with Crippen LogP contribution in [0.3, 0.4) is 0 Å². The van der Waals surface area contributed by atoms with Gasteiger partial charge >= 0.3 is 11.9 Å². The van der Waals surface area contributed by atoms with Gasteiger partial charge in [0.25, 0.3) is 0 Å². The van der Waals surface area contributed by atoms with Gasteiger partial charge in [0.2, 0.25) is 10.0 Å². The Balaban J connectivity index is 2.92. The highest BCUT2D eigenvalue weighted by Crippen LogP contribution is 2.17. The summed E-state index contributed by atoms with van der Waals surface area (Å²) in [5, 5.41) is 17.5. The van der Waals surface area contributed by atoms with Crippen LogP contribution < -0.4 is 4.72 Å². The average Bonchev–Trinajstić information content (AvgIpc) is 2.36. The maximum Gasteiger partial charge on any atom is 0.308 e. The van der Waals surface area contributed by atoms with Gasteiger partial charge in [0.05, 0.1) is 17.2 Å². The lowest BCUT2D eigenvalue weighted by molar-refractivity contribution is -0.147. The molecule has 1 aromatic rings. The minimum Gasteiger partial charge on any atom is -0.481 e. The number of benzene rings is 1. The highest BCUT2D eigenvalue weighted by molar-refractivity contribution is 7.89. The molecule has 0 spiro atoms. The van der Waals surface area contributed by atoms with Crippen molar-refractivity contribution in [3.8, 4) is 0 Å². The molecular weight excluding hydrogens is 298 g/mol. The zero-order chi connectivity index (χ0) is 16.2. The third kappa shape index (κ3) is 4.83. The molecule has 21 heavy (non-hydrogen) atoms. The Morgan fingerprint density at radius 3 is 2.38 bits per heavy atom. The summed E-state index contributed by atoms with van der Waals surface area (Å²) >= 11 is 0. The molecule has 0 fully saturated rings. The number of carboxylic acids is 2. The summed E-state index contributed by atoms with van der Waals surface area (Å²) in [5.74, 6) is -3.98. The number of carbonyl (C=O) groups is 2. The molecular formula is C13H17NO6S. The van der Waals surface area contributed by atoms with Crippen molar-refractivity contribution >= 4 is 22.0 Å². The van der Waals surface area contributed by atoms with Crippen LogP contribution in [0.5, 0.6) is 0 Å². The summed E-state index contributed by atoms with van der Waals surface area (Å²) in [6.45, 7) is 2.89. The fraction of sp³-hybridized carbons (Fsp3) is 0.385. The van der Waals surface area contributed by atoms with E-state index in [2.05, 4.69) is 4.72 Å². The van der Waals surface area contributed by atoms with Gasteiger partial charge in [0, 0.05) is 6.54 Å². The van der Waals surface area contributed by atoms with Gasteiger partial charge in [-0.2, -0.15) is 0 Å². The number of carboxylic acid groups (broad SMARTS) is 2. The number of nitrogens with one attached hydrogen (secondary N) is 1. The number of sulfonamides is 1. The SMILES string of the molecule is Cc1ccc(C)c(S(=O)(=O)NCC(CC(=O)O)C(=O)O)c1. The molecule has 116 valence electrons. The van der Waals surface area contributed by atoms with E-state index >= 15 is 0 Å². The monoisotopic (exact) mass is 315 g/mol. The zero-order valence-corrected chi connectivity index (χ0v) is 12.5. The maximum absolute atomic E-state index is 12.2. The van der Waals surface area contributed by atoms with E-state index in [-0.39, 0.29) is 4.90 Å². The zero-order valence-electron chi connectivity index (χ0n) is 11.7. The van der Waals surface area contributed by atoms with Gasteiger partial charge in [-0.1, -0.05) is 12.1 Å². The van der Waals surface area contributed by atoms with Crippen molar-refractivity contribution in [2.24, 2.45) is 5.92 Å². The Morgan fingerprint density at radius 1 is 1.24 bits per heavy atom. The molecule has 0 radical (unpaired) electrons. The van der Waals surface area contributed by atoms with E-state index < -0.39 is 40.8 Å². The van der Waals surface area contributed by atoms with Crippen LogP contribution in [0.4, 0.5) is 0 Å². The first-order valence-corrected chi connectivity index (χ1v) is 7.63. The van der Waals surface area contributed by atoms with E-state index in [9.17, 15) is 18.0 Å². The first-order valence-electron chi connectivity index (χ1n) is 6.15. The number of aliphatic carboxylic acids is 2. The smallest absolute Gasteiger partial charge is 0.308 e. The van der Waals surface area contributed by atoms with Crippen molar-refractivity contribution in [1.29, 1.82) is 0 Å². The lowest BCUT2D eigenvalue weighted by Crippen LogP contribution is -2.34. The Kier molecular flexibility index (Phi) is 5.45. The third-order valence-corrected chi connectivity index (χ3v) is 4.49. The molecule has 0 heterocycles. The largest absolute Gasteiger partial charge is 0.481 e. The van der Waals surface area contributed by atoms with Crippen LogP contribution in [0.1, 0.15) is 17.5 Å². The average molecular weight is 315 g/mol. The molecule has 1 aromatic carbocycles. The van der Waals surface area contributed by atoms with Crippen LogP contribution in [-0.2, 0) is 19.6 Å². The maximum atomic E-state index is 12.2. The Morgan fingerprint density at radius 2 is 1.86 bits per heavy atom. The van der Waals surface area contributed by atoms with E-state index in [1.165, 1.54) is 6.07 Å². The molecule has 0 saturated carbocycles. The van der Waals surface area contributed by atoms with Gasteiger partial charge in [0.1, 0.15) is 0 Å². The predicted octanol–water partition coefficient (Wildman–Crippen LogP) is 0.757. The van der Waals surface area contributed by atoms with Gasteiger partial charge in [-0.3, -0.25) is 9.59 Å². The fourth-order valence-corrected chi connectivity index (χ4v) is 3.15. The molecule has 0 bridgehead atoms. The summed E-state index contributed by atoms with van der Waals surface area (Å²) in [6.07, 6.45) is -0.648. The molecule has 0 aliphatic rings. The summed E-state index contributed by atoms with van der Waals surface area (Å²) in [7, 11) is -3.88. The van der Waals surface area contributed by atoms with Crippen molar-refractivity contribution in [2.75, 3.05) is 6.54 Å². The van der Waals surface area contributed by atoms with Gasteiger partial charge in [0.15, 0.2) is 0 Å². The van der Waals surface area contributed by atoms with Crippen LogP contribution >= 0.6 is 0 Å². The van der Waals surface area contributed by atoms with E-state index in [1.54, 1.807) is 26.0 Å². The summed E-state index contributed by atoms with van der Waals surface area (Å²) in [5.41, 5.74) is 1.28. The van der Waals surface area contributed by atoms with Crippen molar-refractivity contribution in [3.05, 3.63) is 29.3 Å². The van der Waals surface area contributed by atoms with Crippen LogP contribution in [0, 0.1) is 19.8 Å². The second kappa shape index (κ2) is 6.68. The molecule has 1 atom stereocenters. The lowest BCUT2D eigenvalue weighted by Gasteiger charge is -2.13. The molecule has 0 aliphatic heterocycles. The van der Waals surface area contributed by atoms with Crippen molar-refractivity contribution in [1.82, 2.24) is 4.72 Å². The summed E-state index contributed by atoms with van der Waals surface area (Å²) in [4.78, 5) is 21.5. The number of hydrogen-bond donors (Lipinski definition) is 3. The van der Waals surface area contributed by atoms with Gasteiger partial charge in [-0.25, -0.2) is 13.1 Å². The molecule has 1 rings (SSSR count). The van der Waals surface area contributed by atoms with Crippen LogP contribution in [0.15, 0.2) is 23.1 Å². The molecule has 8 heteroatoms. The Labute approximate surface area is 122 Å². The highest BCUT2D eigenvalue weighted by Gasteiger charge is 2.24. The molecule has 1 unspecified atom stereocenters. The number of hydrogen-bond acceptors (Lipinski definition) is 4. The molecule has 0 amide bonds. The molecule has 0 aliphatic carbocycles. The first kappa shape index (κ1) is 17.1. The first-order chi connectivity index (χ1) is 9.63. The molecule has 0 aromatic heterocycles.